The Labute approximate surface area is 155 Å². The Morgan fingerprint density at radius 3 is 2.73 bits per heavy atom. The number of hydrogen-bond acceptors (Lipinski definition) is 5. The fourth-order valence-corrected chi connectivity index (χ4v) is 3.42. The van der Waals surface area contributed by atoms with Crippen LogP contribution in [0.2, 0.25) is 0 Å². The molecule has 134 valence electrons. The highest BCUT2D eigenvalue weighted by atomic mass is 32.2. The SMILES string of the molecule is COc1ccc2c(CSC(N)=N[C@H](C)c3ccccc3)cc(=O)oc2c1. The van der Waals surface area contributed by atoms with E-state index in [1.165, 1.54) is 17.8 Å². The summed E-state index contributed by atoms with van der Waals surface area (Å²) in [5, 5.41) is 1.35. The van der Waals surface area contributed by atoms with Crippen molar-refractivity contribution in [1.29, 1.82) is 0 Å². The predicted molar refractivity (Wildman–Crippen MR) is 107 cm³/mol. The number of aliphatic imine (C=N–C) groups is 1. The first-order valence-corrected chi connectivity index (χ1v) is 9.17. The number of benzene rings is 2. The van der Waals surface area contributed by atoms with Crippen LogP contribution < -0.4 is 16.1 Å². The summed E-state index contributed by atoms with van der Waals surface area (Å²) in [6.07, 6.45) is 0. The van der Waals surface area contributed by atoms with E-state index < -0.39 is 5.63 Å². The van der Waals surface area contributed by atoms with E-state index in [0.717, 1.165) is 16.5 Å². The molecule has 6 heteroatoms. The van der Waals surface area contributed by atoms with Crippen LogP contribution in [0.5, 0.6) is 5.75 Å². The molecule has 0 amide bonds. The first-order chi connectivity index (χ1) is 12.6. The summed E-state index contributed by atoms with van der Waals surface area (Å²) < 4.78 is 10.4. The predicted octanol–water partition coefficient (Wildman–Crippen LogP) is 4.11. The molecule has 1 heterocycles. The van der Waals surface area contributed by atoms with Gasteiger partial charge in [0.15, 0.2) is 5.17 Å². The molecule has 3 rings (SSSR count). The van der Waals surface area contributed by atoms with Crippen molar-refractivity contribution < 1.29 is 9.15 Å². The van der Waals surface area contributed by atoms with Gasteiger partial charge >= 0.3 is 5.63 Å². The molecule has 2 N–H and O–H groups in total. The lowest BCUT2D eigenvalue weighted by Crippen LogP contribution is -2.09. The molecule has 1 atom stereocenters. The van der Waals surface area contributed by atoms with Crippen LogP contribution >= 0.6 is 11.8 Å². The second kappa shape index (κ2) is 8.10. The second-order valence-electron chi connectivity index (χ2n) is 5.80. The molecule has 0 aliphatic heterocycles. The van der Waals surface area contributed by atoms with Crippen molar-refractivity contribution in [1.82, 2.24) is 0 Å². The largest absolute Gasteiger partial charge is 0.497 e. The van der Waals surface area contributed by atoms with E-state index in [2.05, 4.69) is 4.99 Å². The van der Waals surface area contributed by atoms with Gasteiger partial charge in [-0.2, -0.15) is 0 Å². The van der Waals surface area contributed by atoms with Gasteiger partial charge in [-0.15, -0.1) is 0 Å². The van der Waals surface area contributed by atoms with Crippen molar-refractivity contribution in [3.8, 4) is 5.75 Å². The van der Waals surface area contributed by atoms with Crippen LogP contribution in [0.15, 0.2) is 68.8 Å². The van der Waals surface area contributed by atoms with Crippen molar-refractivity contribution in [3.63, 3.8) is 0 Å². The number of thioether (sulfide) groups is 1. The van der Waals surface area contributed by atoms with Crippen LogP contribution in [0.1, 0.15) is 24.1 Å². The van der Waals surface area contributed by atoms with Crippen LogP contribution in [0.3, 0.4) is 0 Å². The van der Waals surface area contributed by atoms with E-state index >= 15 is 0 Å². The van der Waals surface area contributed by atoms with Gasteiger partial charge in [-0.3, -0.25) is 4.99 Å². The number of amidine groups is 1. The summed E-state index contributed by atoms with van der Waals surface area (Å²) >= 11 is 1.40. The van der Waals surface area contributed by atoms with Crippen molar-refractivity contribution in [2.45, 2.75) is 18.7 Å². The number of methoxy groups -OCH3 is 1. The molecule has 5 nitrogen and oxygen atoms in total. The third kappa shape index (κ3) is 4.26. The molecule has 0 saturated carbocycles. The lowest BCUT2D eigenvalue weighted by atomic mass is 10.1. The monoisotopic (exact) mass is 368 g/mol. The third-order valence-corrected chi connectivity index (χ3v) is 4.87. The Bertz CT molecular complexity index is 983. The van der Waals surface area contributed by atoms with Gasteiger partial charge in [-0.25, -0.2) is 4.79 Å². The van der Waals surface area contributed by atoms with Gasteiger partial charge < -0.3 is 14.9 Å². The Kier molecular flexibility index (Phi) is 5.63. The molecular formula is C20H20N2O3S. The van der Waals surface area contributed by atoms with E-state index in [9.17, 15) is 4.79 Å². The molecule has 0 aliphatic rings. The summed E-state index contributed by atoms with van der Waals surface area (Å²) in [6.45, 7) is 2.00. The van der Waals surface area contributed by atoms with E-state index in [4.69, 9.17) is 14.9 Å². The summed E-state index contributed by atoms with van der Waals surface area (Å²) in [5.41, 5.74) is 8.15. The van der Waals surface area contributed by atoms with E-state index in [1.54, 1.807) is 13.2 Å². The van der Waals surface area contributed by atoms with Gasteiger partial charge in [0.1, 0.15) is 11.3 Å². The lowest BCUT2D eigenvalue weighted by molar-refractivity contribution is 0.414. The van der Waals surface area contributed by atoms with Crippen molar-refractivity contribution in [3.05, 3.63) is 76.1 Å². The zero-order valence-corrected chi connectivity index (χ0v) is 15.5. The smallest absolute Gasteiger partial charge is 0.336 e. The maximum absolute atomic E-state index is 11.8. The number of hydrogen-bond donors (Lipinski definition) is 1. The molecule has 3 aromatic rings. The minimum absolute atomic E-state index is 0.0226. The van der Waals surface area contributed by atoms with Gasteiger partial charge in [0, 0.05) is 23.3 Å². The molecular weight excluding hydrogens is 348 g/mol. The minimum Gasteiger partial charge on any atom is -0.497 e. The quantitative estimate of drug-likeness (QED) is 0.416. The highest BCUT2D eigenvalue weighted by Gasteiger charge is 2.09. The fraction of sp³-hybridized carbons (Fsp3) is 0.200. The zero-order chi connectivity index (χ0) is 18.5. The number of fused-ring (bicyclic) bond motifs is 1. The highest BCUT2D eigenvalue weighted by molar-refractivity contribution is 8.13. The topological polar surface area (TPSA) is 77.8 Å². The summed E-state index contributed by atoms with van der Waals surface area (Å²) in [6, 6.07) is 16.9. The first-order valence-electron chi connectivity index (χ1n) is 8.18. The normalized spacial score (nSPS) is 12.9. The van der Waals surface area contributed by atoms with Crippen LogP contribution in [-0.2, 0) is 5.75 Å². The second-order valence-corrected chi connectivity index (χ2v) is 6.79. The zero-order valence-electron chi connectivity index (χ0n) is 14.6. The van der Waals surface area contributed by atoms with Gasteiger partial charge in [-0.05, 0) is 30.2 Å². The van der Waals surface area contributed by atoms with Gasteiger partial charge in [-0.1, -0.05) is 42.1 Å². The molecule has 0 fully saturated rings. The summed E-state index contributed by atoms with van der Waals surface area (Å²) in [7, 11) is 1.57. The maximum Gasteiger partial charge on any atom is 0.336 e. The molecule has 2 aromatic carbocycles. The third-order valence-electron chi connectivity index (χ3n) is 4.02. The van der Waals surface area contributed by atoms with E-state index in [0.29, 0.717) is 22.3 Å². The standard InChI is InChI=1S/C20H20N2O3S/c1-13(14-6-4-3-5-7-14)22-20(21)26-12-15-10-19(23)25-18-11-16(24-2)8-9-17(15)18/h3-11,13H,12H2,1-2H3,(H2,21,22)/t13-/m1/s1. The van der Waals surface area contributed by atoms with Crippen LogP contribution in [-0.4, -0.2) is 12.3 Å². The van der Waals surface area contributed by atoms with Gasteiger partial charge in [0.05, 0.1) is 13.2 Å². The Hall–Kier alpha value is -2.73. The number of nitrogens with two attached hydrogens (primary N) is 1. The van der Waals surface area contributed by atoms with Crippen LogP contribution in [0.4, 0.5) is 0 Å². The molecule has 0 unspecified atom stereocenters. The summed E-state index contributed by atoms with van der Waals surface area (Å²) in [5.74, 6) is 1.17. The molecule has 0 radical (unpaired) electrons. The highest BCUT2D eigenvalue weighted by Crippen LogP contribution is 2.26. The Balaban J connectivity index is 1.79. The van der Waals surface area contributed by atoms with Crippen LogP contribution in [0, 0.1) is 0 Å². The van der Waals surface area contributed by atoms with Crippen molar-refractivity contribution >= 4 is 27.9 Å². The molecule has 26 heavy (non-hydrogen) atoms. The molecule has 0 saturated heterocycles. The van der Waals surface area contributed by atoms with E-state index in [1.807, 2.05) is 49.4 Å². The maximum atomic E-state index is 11.8. The fourth-order valence-electron chi connectivity index (χ4n) is 2.64. The Morgan fingerprint density at radius 2 is 2.00 bits per heavy atom. The summed E-state index contributed by atoms with van der Waals surface area (Å²) in [4.78, 5) is 16.4. The molecule has 0 bridgehead atoms. The van der Waals surface area contributed by atoms with Crippen molar-refractivity contribution in [2.75, 3.05) is 7.11 Å². The lowest BCUT2D eigenvalue weighted by Gasteiger charge is -2.09. The Morgan fingerprint density at radius 1 is 1.23 bits per heavy atom. The molecule has 1 aromatic heterocycles. The van der Waals surface area contributed by atoms with Gasteiger partial charge in [0.2, 0.25) is 0 Å². The molecule has 0 spiro atoms. The first kappa shape index (κ1) is 18.1. The average molecular weight is 368 g/mol. The van der Waals surface area contributed by atoms with Gasteiger partial charge in [0.25, 0.3) is 0 Å². The van der Waals surface area contributed by atoms with Crippen LogP contribution in [0.25, 0.3) is 11.0 Å². The molecule has 0 aliphatic carbocycles. The van der Waals surface area contributed by atoms with E-state index in [-0.39, 0.29) is 6.04 Å². The minimum atomic E-state index is -0.394. The number of nitrogens with zero attached hydrogens (tertiary/aromatic N) is 1. The average Bonchev–Trinajstić information content (AvgIpc) is 2.66. The number of rotatable bonds is 5. The number of ether oxygens (including phenoxy) is 1. The van der Waals surface area contributed by atoms with Crippen molar-refractivity contribution in [2.24, 2.45) is 10.7 Å².